The minimum Gasteiger partial charge on any atom is -0.452 e. The maximum atomic E-state index is 12.5. The summed E-state index contributed by atoms with van der Waals surface area (Å²) in [6.45, 7) is 0.552. The van der Waals surface area contributed by atoms with E-state index in [0.717, 1.165) is 17.7 Å². The van der Waals surface area contributed by atoms with Gasteiger partial charge in [-0.25, -0.2) is 4.79 Å². The summed E-state index contributed by atoms with van der Waals surface area (Å²) >= 11 is 0. The Morgan fingerprint density at radius 1 is 1.10 bits per heavy atom. The summed E-state index contributed by atoms with van der Waals surface area (Å²) in [4.78, 5) is 40.1. The van der Waals surface area contributed by atoms with Gasteiger partial charge in [-0.15, -0.1) is 0 Å². The van der Waals surface area contributed by atoms with E-state index in [1.54, 1.807) is 29.2 Å². The molecule has 0 bridgehead atoms. The molecule has 0 atom stereocenters. The van der Waals surface area contributed by atoms with Gasteiger partial charge in [0.2, 0.25) is 5.91 Å². The Labute approximate surface area is 170 Å². The fourth-order valence-corrected chi connectivity index (χ4v) is 3.16. The molecule has 0 unspecified atom stereocenters. The van der Waals surface area contributed by atoms with Crippen molar-refractivity contribution in [1.82, 2.24) is 5.32 Å². The number of ether oxygens (including phenoxy) is 1. The van der Waals surface area contributed by atoms with Gasteiger partial charge in [0.1, 0.15) is 0 Å². The van der Waals surface area contributed by atoms with E-state index < -0.39 is 5.97 Å². The number of amides is 2. The van der Waals surface area contributed by atoms with Crippen molar-refractivity contribution >= 4 is 29.2 Å². The Bertz CT molecular complexity index is 893. The first kappa shape index (κ1) is 20.4. The van der Waals surface area contributed by atoms with Crippen LogP contribution < -0.4 is 15.1 Å². The lowest BCUT2D eigenvalue weighted by Gasteiger charge is -2.18. The number of carbonyl (C=O) groups is 3. The predicted octanol–water partition coefficient (Wildman–Crippen LogP) is 2.35. The molecule has 0 radical (unpaired) electrons. The molecule has 152 valence electrons. The van der Waals surface area contributed by atoms with Gasteiger partial charge in [-0.05, 0) is 36.2 Å². The second-order valence-electron chi connectivity index (χ2n) is 7.08. The highest BCUT2D eigenvalue weighted by atomic mass is 16.5. The molecule has 0 saturated carbocycles. The Hall–Kier alpha value is -3.35. The number of para-hydroxylation sites is 1. The quantitative estimate of drug-likeness (QED) is 0.728. The van der Waals surface area contributed by atoms with Crippen molar-refractivity contribution in [2.45, 2.75) is 19.4 Å². The SMILES string of the molecule is CN(C)c1ccc(CNC(=O)COC(=O)c2ccccc2N2CCCC2=O)cc1. The number of hydrogen-bond donors (Lipinski definition) is 1. The van der Waals surface area contributed by atoms with Crippen LogP contribution in [0.15, 0.2) is 48.5 Å². The molecule has 1 aliphatic heterocycles. The Kier molecular flexibility index (Phi) is 6.49. The van der Waals surface area contributed by atoms with E-state index in [4.69, 9.17) is 4.74 Å². The monoisotopic (exact) mass is 395 g/mol. The normalized spacial score (nSPS) is 13.3. The van der Waals surface area contributed by atoms with E-state index in [1.807, 2.05) is 43.3 Å². The lowest BCUT2D eigenvalue weighted by atomic mass is 10.1. The van der Waals surface area contributed by atoms with E-state index in [9.17, 15) is 14.4 Å². The summed E-state index contributed by atoms with van der Waals surface area (Å²) in [7, 11) is 3.92. The van der Waals surface area contributed by atoms with Crippen molar-refractivity contribution in [2.75, 3.05) is 37.0 Å². The van der Waals surface area contributed by atoms with Crippen molar-refractivity contribution in [3.8, 4) is 0 Å². The van der Waals surface area contributed by atoms with Crippen LogP contribution >= 0.6 is 0 Å². The summed E-state index contributed by atoms with van der Waals surface area (Å²) in [5.74, 6) is -1.01. The van der Waals surface area contributed by atoms with Gasteiger partial charge < -0.3 is 19.9 Å². The minimum absolute atomic E-state index is 0.0109. The molecule has 2 amide bonds. The first-order valence-corrected chi connectivity index (χ1v) is 9.55. The Balaban J connectivity index is 1.53. The summed E-state index contributed by atoms with van der Waals surface area (Å²) < 4.78 is 5.17. The van der Waals surface area contributed by atoms with Gasteiger partial charge in [0.15, 0.2) is 6.61 Å². The molecule has 1 heterocycles. The molecule has 2 aromatic carbocycles. The van der Waals surface area contributed by atoms with E-state index in [0.29, 0.717) is 25.2 Å². The average Bonchev–Trinajstić information content (AvgIpc) is 3.16. The van der Waals surface area contributed by atoms with Crippen LogP contribution in [0.25, 0.3) is 0 Å². The molecule has 2 aromatic rings. The van der Waals surface area contributed by atoms with E-state index in [-0.39, 0.29) is 24.0 Å². The minimum atomic E-state index is -0.620. The van der Waals surface area contributed by atoms with Crippen LogP contribution in [0.1, 0.15) is 28.8 Å². The largest absolute Gasteiger partial charge is 0.452 e. The molecule has 7 heteroatoms. The Morgan fingerprint density at radius 2 is 1.83 bits per heavy atom. The van der Waals surface area contributed by atoms with Gasteiger partial charge in [0.05, 0.1) is 11.3 Å². The second kappa shape index (κ2) is 9.23. The molecule has 1 saturated heterocycles. The molecular weight excluding hydrogens is 370 g/mol. The van der Waals surface area contributed by atoms with Crippen LogP contribution in [0.2, 0.25) is 0 Å². The van der Waals surface area contributed by atoms with Gasteiger partial charge >= 0.3 is 5.97 Å². The third kappa shape index (κ3) is 5.13. The number of nitrogens with zero attached hydrogens (tertiary/aromatic N) is 2. The van der Waals surface area contributed by atoms with Crippen molar-refractivity contribution in [3.63, 3.8) is 0 Å². The molecule has 0 aromatic heterocycles. The molecule has 1 fully saturated rings. The van der Waals surface area contributed by atoms with Crippen LogP contribution in [0.4, 0.5) is 11.4 Å². The third-order valence-electron chi connectivity index (χ3n) is 4.76. The van der Waals surface area contributed by atoms with Crippen LogP contribution in [0.5, 0.6) is 0 Å². The smallest absolute Gasteiger partial charge is 0.340 e. The number of carbonyl (C=O) groups excluding carboxylic acids is 3. The Morgan fingerprint density at radius 3 is 2.48 bits per heavy atom. The first-order valence-electron chi connectivity index (χ1n) is 9.55. The van der Waals surface area contributed by atoms with Crippen molar-refractivity contribution < 1.29 is 19.1 Å². The third-order valence-corrected chi connectivity index (χ3v) is 4.76. The lowest BCUT2D eigenvalue weighted by molar-refractivity contribution is -0.124. The highest BCUT2D eigenvalue weighted by molar-refractivity contribution is 6.03. The lowest BCUT2D eigenvalue weighted by Crippen LogP contribution is -2.29. The predicted molar refractivity (Wildman–Crippen MR) is 111 cm³/mol. The summed E-state index contributed by atoms with van der Waals surface area (Å²) in [6.07, 6.45) is 1.24. The topological polar surface area (TPSA) is 79.0 Å². The molecule has 3 rings (SSSR count). The number of anilines is 2. The van der Waals surface area contributed by atoms with Gasteiger partial charge in [-0.2, -0.15) is 0 Å². The van der Waals surface area contributed by atoms with Crippen molar-refractivity contribution in [1.29, 1.82) is 0 Å². The number of nitrogens with one attached hydrogen (secondary N) is 1. The van der Waals surface area contributed by atoms with Gasteiger partial charge in [-0.1, -0.05) is 24.3 Å². The first-order chi connectivity index (χ1) is 14.0. The maximum Gasteiger partial charge on any atom is 0.340 e. The molecule has 7 nitrogen and oxygen atoms in total. The fraction of sp³-hybridized carbons (Fsp3) is 0.318. The van der Waals surface area contributed by atoms with Gasteiger partial charge in [-0.3, -0.25) is 9.59 Å². The summed E-state index contributed by atoms with van der Waals surface area (Å²) in [5, 5.41) is 2.74. The van der Waals surface area contributed by atoms with Crippen molar-refractivity contribution in [3.05, 3.63) is 59.7 Å². The maximum absolute atomic E-state index is 12.5. The fourth-order valence-electron chi connectivity index (χ4n) is 3.16. The highest BCUT2D eigenvalue weighted by Crippen LogP contribution is 2.25. The summed E-state index contributed by atoms with van der Waals surface area (Å²) in [6, 6.07) is 14.6. The zero-order valence-electron chi connectivity index (χ0n) is 16.7. The van der Waals surface area contributed by atoms with Gasteiger partial charge in [0, 0.05) is 39.3 Å². The summed E-state index contributed by atoms with van der Waals surface area (Å²) in [5.41, 5.74) is 2.84. The van der Waals surface area contributed by atoms with Gasteiger partial charge in [0.25, 0.3) is 5.91 Å². The van der Waals surface area contributed by atoms with Crippen LogP contribution in [0.3, 0.4) is 0 Å². The van der Waals surface area contributed by atoms with E-state index in [2.05, 4.69) is 5.32 Å². The molecular formula is C22H25N3O4. The zero-order valence-corrected chi connectivity index (χ0v) is 16.7. The number of esters is 1. The van der Waals surface area contributed by atoms with Crippen LogP contribution in [-0.4, -0.2) is 45.0 Å². The molecule has 0 spiro atoms. The standard InChI is InChI=1S/C22H25N3O4/c1-24(2)17-11-9-16(10-12-17)14-23-20(26)15-29-22(28)18-6-3-4-7-19(18)25-13-5-8-21(25)27/h3-4,6-7,9-12H,5,8,13-15H2,1-2H3,(H,23,26). The number of benzene rings is 2. The van der Waals surface area contributed by atoms with E-state index in [1.165, 1.54) is 0 Å². The highest BCUT2D eigenvalue weighted by Gasteiger charge is 2.26. The van der Waals surface area contributed by atoms with Crippen LogP contribution in [0, 0.1) is 0 Å². The molecule has 0 aliphatic carbocycles. The zero-order chi connectivity index (χ0) is 20.8. The number of hydrogen-bond acceptors (Lipinski definition) is 5. The molecule has 1 N–H and O–H groups in total. The number of rotatable bonds is 7. The molecule has 29 heavy (non-hydrogen) atoms. The average molecular weight is 395 g/mol. The van der Waals surface area contributed by atoms with Crippen molar-refractivity contribution in [2.24, 2.45) is 0 Å². The molecule has 1 aliphatic rings. The van der Waals surface area contributed by atoms with Crippen LogP contribution in [-0.2, 0) is 20.9 Å². The second-order valence-corrected chi connectivity index (χ2v) is 7.08. The van der Waals surface area contributed by atoms with E-state index >= 15 is 0 Å².